The number of aliphatic imine (C=N–C) groups is 1. The maximum absolute atomic E-state index is 12.4. The van der Waals surface area contributed by atoms with Crippen LogP contribution in [-0.4, -0.2) is 19.0 Å². The van der Waals surface area contributed by atoms with Crippen LogP contribution in [0.4, 0.5) is 0 Å². The quantitative estimate of drug-likeness (QED) is 0.327. The van der Waals surface area contributed by atoms with Gasteiger partial charge < -0.3 is 14.2 Å². The lowest BCUT2D eigenvalue weighted by molar-refractivity contribution is -0.129. The molecule has 0 amide bonds. The van der Waals surface area contributed by atoms with Gasteiger partial charge in [0.25, 0.3) is 0 Å². The summed E-state index contributed by atoms with van der Waals surface area (Å²) in [5.41, 5.74) is 5.31. The summed E-state index contributed by atoms with van der Waals surface area (Å²) in [6, 6.07) is 21.5. The van der Waals surface area contributed by atoms with Crippen LogP contribution in [0.5, 0.6) is 11.5 Å². The molecule has 0 aliphatic carbocycles. The summed E-state index contributed by atoms with van der Waals surface area (Å²) in [6.45, 7) is 8.97. The number of methoxy groups -OCH3 is 1. The van der Waals surface area contributed by atoms with Crippen molar-refractivity contribution in [3.8, 4) is 11.5 Å². The molecule has 0 radical (unpaired) electrons. The van der Waals surface area contributed by atoms with Crippen LogP contribution in [0.15, 0.2) is 77.4 Å². The van der Waals surface area contributed by atoms with Gasteiger partial charge in [0.05, 0.1) is 7.11 Å². The average molecular weight is 456 g/mol. The van der Waals surface area contributed by atoms with Crippen LogP contribution < -0.4 is 9.47 Å². The Morgan fingerprint density at radius 1 is 0.971 bits per heavy atom. The Labute approximate surface area is 200 Å². The second kappa shape index (κ2) is 9.56. The first-order chi connectivity index (χ1) is 16.2. The molecule has 1 heterocycles. The lowest BCUT2D eigenvalue weighted by Gasteiger charge is -2.18. The molecule has 0 saturated heterocycles. The zero-order valence-electron chi connectivity index (χ0n) is 20.2. The van der Waals surface area contributed by atoms with Crippen molar-refractivity contribution in [3.63, 3.8) is 0 Å². The number of esters is 1. The molecule has 5 heteroatoms. The molecule has 4 rings (SSSR count). The summed E-state index contributed by atoms with van der Waals surface area (Å²) < 4.78 is 16.9. The molecule has 0 aromatic heterocycles. The van der Waals surface area contributed by atoms with Gasteiger partial charge in [0.15, 0.2) is 17.2 Å². The van der Waals surface area contributed by atoms with E-state index in [-0.39, 0.29) is 11.1 Å². The van der Waals surface area contributed by atoms with Crippen LogP contribution in [0.25, 0.3) is 6.08 Å². The molecule has 174 valence electrons. The van der Waals surface area contributed by atoms with Crippen LogP contribution in [-0.2, 0) is 21.6 Å². The van der Waals surface area contributed by atoms with Gasteiger partial charge in [-0.3, -0.25) is 0 Å². The summed E-state index contributed by atoms with van der Waals surface area (Å²) in [5, 5.41) is 0. The van der Waals surface area contributed by atoms with Crippen LogP contribution >= 0.6 is 0 Å². The predicted octanol–water partition coefficient (Wildman–Crippen LogP) is 6.22. The summed E-state index contributed by atoms with van der Waals surface area (Å²) >= 11 is 0. The van der Waals surface area contributed by atoms with E-state index in [2.05, 4.69) is 38.8 Å². The maximum Gasteiger partial charge on any atom is 0.363 e. The highest BCUT2D eigenvalue weighted by Gasteiger charge is 2.25. The van der Waals surface area contributed by atoms with Gasteiger partial charge in [0.1, 0.15) is 6.61 Å². The monoisotopic (exact) mass is 455 g/mol. The van der Waals surface area contributed by atoms with E-state index in [1.54, 1.807) is 13.2 Å². The molecule has 1 aliphatic rings. The fraction of sp³-hybridized carbons (Fsp3) is 0.241. The van der Waals surface area contributed by atoms with E-state index in [0.717, 1.165) is 16.7 Å². The number of ether oxygens (including phenoxy) is 3. The van der Waals surface area contributed by atoms with Gasteiger partial charge in [0.2, 0.25) is 5.90 Å². The fourth-order valence-electron chi connectivity index (χ4n) is 3.62. The Bertz CT molecular complexity index is 1260. The van der Waals surface area contributed by atoms with Crippen LogP contribution in [0.3, 0.4) is 0 Å². The summed E-state index contributed by atoms with van der Waals surface area (Å²) in [7, 11) is 1.59. The average Bonchev–Trinajstić information content (AvgIpc) is 3.18. The standard InChI is InChI=1S/C29H29NO4/c1-19-8-6-7-9-22(19)18-33-25-15-10-20(17-26(25)32-5)16-24-28(31)34-27(30-24)21-11-13-23(14-12-21)29(2,3)4/h6-17H,18H2,1-5H3. The van der Waals surface area contributed by atoms with Gasteiger partial charge in [0, 0.05) is 5.56 Å². The number of hydrogen-bond donors (Lipinski definition) is 0. The molecule has 34 heavy (non-hydrogen) atoms. The van der Waals surface area contributed by atoms with Crippen molar-refractivity contribution in [2.45, 2.75) is 39.7 Å². The third-order valence-electron chi connectivity index (χ3n) is 5.75. The minimum Gasteiger partial charge on any atom is -0.493 e. The molecule has 0 saturated carbocycles. The summed E-state index contributed by atoms with van der Waals surface area (Å²) in [6.07, 6.45) is 1.69. The third kappa shape index (κ3) is 5.20. The van der Waals surface area contributed by atoms with Gasteiger partial charge in [-0.25, -0.2) is 9.79 Å². The normalized spacial score (nSPS) is 14.7. The first-order valence-corrected chi connectivity index (χ1v) is 11.2. The van der Waals surface area contributed by atoms with Gasteiger partial charge in [-0.2, -0.15) is 0 Å². The van der Waals surface area contributed by atoms with E-state index < -0.39 is 5.97 Å². The molecule has 0 unspecified atom stereocenters. The van der Waals surface area contributed by atoms with Crippen molar-refractivity contribution in [2.75, 3.05) is 7.11 Å². The molecule has 5 nitrogen and oxygen atoms in total. The maximum atomic E-state index is 12.4. The Hall–Kier alpha value is -3.86. The number of carbonyl (C=O) groups excluding carboxylic acids is 1. The smallest absolute Gasteiger partial charge is 0.363 e. The largest absolute Gasteiger partial charge is 0.493 e. The lowest BCUT2D eigenvalue weighted by Crippen LogP contribution is -2.11. The Morgan fingerprint density at radius 3 is 2.38 bits per heavy atom. The summed E-state index contributed by atoms with van der Waals surface area (Å²) in [5.74, 6) is 1.04. The Morgan fingerprint density at radius 2 is 1.71 bits per heavy atom. The van der Waals surface area contributed by atoms with Crippen molar-refractivity contribution in [1.29, 1.82) is 0 Å². The first kappa shape index (κ1) is 23.3. The zero-order valence-corrected chi connectivity index (χ0v) is 20.2. The van der Waals surface area contributed by atoms with E-state index in [4.69, 9.17) is 14.2 Å². The molecule has 0 spiro atoms. The molecule has 3 aromatic carbocycles. The zero-order chi connectivity index (χ0) is 24.3. The van der Waals surface area contributed by atoms with Crippen LogP contribution in [0, 0.1) is 6.92 Å². The first-order valence-electron chi connectivity index (χ1n) is 11.2. The minimum absolute atomic E-state index is 0.0482. The molecule has 0 N–H and O–H groups in total. The van der Waals surface area contributed by atoms with Crippen LogP contribution in [0.1, 0.15) is 48.6 Å². The van der Waals surface area contributed by atoms with E-state index in [9.17, 15) is 4.79 Å². The number of hydrogen-bond acceptors (Lipinski definition) is 5. The number of aryl methyl sites for hydroxylation is 1. The third-order valence-corrected chi connectivity index (χ3v) is 5.75. The molecule has 3 aromatic rings. The Balaban J connectivity index is 1.53. The number of nitrogens with zero attached hydrogens (tertiary/aromatic N) is 1. The second-order valence-corrected chi connectivity index (χ2v) is 9.29. The predicted molar refractivity (Wildman–Crippen MR) is 134 cm³/mol. The van der Waals surface area contributed by atoms with E-state index >= 15 is 0 Å². The van der Waals surface area contributed by atoms with Crippen molar-refractivity contribution in [2.24, 2.45) is 4.99 Å². The van der Waals surface area contributed by atoms with Gasteiger partial charge in [-0.05, 0) is 64.9 Å². The SMILES string of the molecule is COc1cc(C=C2N=C(c3ccc(C(C)(C)C)cc3)OC2=O)ccc1OCc1ccccc1C. The number of cyclic esters (lactones) is 1. The fourth-order valence-corrected chi connectivity index (χ4v) is 3.62. The molecule has 0 atom stereocenters. The van der Waals surface area contributed by atoms with Gasteiger partial charge in [-0.1, -0.05) is 63.2 Å². The molecule has 0 fully saturated rings. The Kier molecular flexibility index (Phi) is 6.55. The van der Waals surface area contributed by atoms with Crippen molar-refractivity contribution < 1.29 is 19.0 Å². The van der Waals surface area contributed by atoms with Crippen LogP contribution in [0.2, 0.25) is 0 Å². The molecule has 0 bridgehead atoms. The number of benzene rings is 3. The molecular formula is C29H29NO4. The minimum atomic E-state index is -0.478. The highest BCUT2D eigenvalue weighted by atomic mass is 16.6. The lowest BCUT2D eigenvalue weighted by atomic mass is 9.87. The van der Waals surface area contributed by atoms with Crippen molar-refractivity contribution >= 4 is 17.9 Å². The highest BCUT2D eigenvalue weighted by Crippen LogP contribution is 2.31. The molecule has 1 aliphatic heterocycles. The molecular weight excluding hydrogens is 426 g/mol. The van der Waals surface area contributed by atoms with Gasteiger partial charge in [-0.15, -0.1) is 0 Å². The topological polar surface area (TPSA) is 57.1 Å². The second-order valence-electron chi connectivity index (χ2n) is 9.29. The van der Waals surface area contributed by atoms with E-state index in [1.807, 2.05) is 60.7 Å². The van der Waals surface area contributed by atoms with Crippen molar-refractivity contribution in [3.05, 3.63) is 100 Å². The number of carbonyl (C=O) groups is 1. The van der Waals surface area contributed by atoms with Crippen molar-refractivity contribution in [1.82, 2.24) is 0 Å². The highest BCUT2D eigenvalue weighted by molar-refractivity contribution is 6.12. The number of rotatable bonds is 6. The van der Waals surface area contributed by atoms with Gasteiger partial charge >= 0.3 is 5.97 Å². The summed E-state index contributed by atoms with van der Waals surface area (Å²) in [4.78, 5) is 16.9. The van der Waals surface area contributed by atoms with E-state index in [1.165, 1.54) is 11.1 Å². The van der Waals surface area contributed by atoms with E-state index in [0.29, 0.717) is 24.0 Å².